The Labute approximate surface area is 123 Å². The van der Waals surface area contributed by atoms with Crippen molar-refractivity contribution in [1.29, 1.82) is 0 Å². The number of carboxylic acid groups (broad SMARTS) is 1. The summed E-state index contributed by atoms with van der Waals surface area (Å²) in [6.45, 7) is 3.83. The van der Waals surface area contributed by atoms with Crippen LogP contribution in [0, 0.1) is 6.92 Å². The Kier molecular flexibility index (Phi) is 4.52. The molecular weight excluding hydrogens is 272 g/mol. The molecule has 2 aromatic rings. The van der Waals surface area contributed by atoms with Gasteiger partial charge in [-0.2, -0.15) is 0 Å². The van der Waals surface area contributed by atoms with Crippen LogP contribution in [0.1, 0.15) is 34.4 Å². The third-order valence-corrected chi connectivity index (χ3v) is 3.21. The zero-order valence-electron chi connectivity index (χ0n) is 12.3. The van der Waals surface area contributed by atoms with E-state index in [1.54, 1.807) is 14.0 Å². The third kappa shape index (κ3) is 3.37. The number of aromatic carboxylic acids is 1. The standard InChI is InChI=1S/C16H18O5/c1-4-11-5-6-14(15(7-11)19-3)20-9-12-8-13(16(17)18)10(2)21-12/h5-8H,4,9H2,1-3H3,(H,17,18). The molecule has 1 heterocycles. The van der Waals surface area contributed by atoms with Gasteiger partial charge in [-0.3, -0.25) is 0 Å². The summed E-state index contributed by atoms with van der Waals surface area (Å²) in [5.74, 6) is 1.07. The van der Waals surface area contributed by atoms with Crippen molar-refractivity contribution in [1.82, 2.24) is 0 Å². The van der Waals surface area contributed by atoms with Gasteiger partial charge in [-0.1, -0.05) is 13.0 Å². The van der Waals surface area contributed by atoms with Crippen LogP contribution >= 0.6 is 0 Å². The molecule has 0 fully saturated rings. The molecule has 1 aromatic heterocycles. The van der Waals surface area contributed by atoms with E-state index in [1.165, 1.54) is 6.07 Å². The van der Waals surface area contributed by atoms with Crippen LogP contribution in [0.15, 0.2) is 28.7 Å². The summed E-state index contributed by atoms with van der Waals surface area (Å²) in [4.78, 5) is 11.0. The lowest BCUT2D eigenvalue weighted by Gasteiger charge is -2.10. The molecule has 5 heteroatoms. The molecule has 0 atom stereocenters. The molecule has 5 nitrogen and oxygen atoms in total. The smallest absolute Gasteiger partial charge is 0.339 e. The number of rotatable bonds is 6. The maximum Gasteiger partial charge on any atom is 0.339 e. The third-order valence-electron chi connectivity index (χ3n) is 3.21. The fraction of sp³-hybridized carbons (Fsp3) is 0.312. The summed E-state index contributed by atoms with van der Waals surface area (Å²) in [5.41, 5.74) is 1.31. The summed E-state index contributed by atoms with van der Waals surface area (Å²) in [7, 11) is 1.58. The highest BCUT2D eigenvalue weighted by Gasteiger charge is 2.14. The summed E-state index contributed by atoms with van der Waals surface area (Å²) < 4.78 is 16.3. The van der Waals surface area contributed by atoms with E-state index in [0.717, 1.165) is 12.0 Å². The van der Waals surface area contributed by atoms with Gasteiger partial charge in [-0.25, -0.2) is 4.79 Å². The highest BCUT2D eigenvalue weighted by molar-refractivity contribution is 5.88. The summed E-state index contributed by atoms with van der Waals surface area (Å²) in [5, 5.41) is 8.98. The largest absolute Gasteiger partial charge is 0.493 e. The number of carboxylic acids is 1. The van der Waals surface area contributed by atoms with Crippen LogP contribution in [0.3, 0.4) is 0 Å². The van der Waals surface area contributed by atoms with Crippen LogP contribution in [-0.4, -0.2) is 18.2 Å². The van der Waals surface area contributed by atoms with Crippen molar-refractivity contribution in [3.8, 4) is 11.5 Å². The fourth-order valence-corrected chi connectivity index (χ4v) is 2.03. The molecule has 0 saturated heterocycles. The predicted octanol–water partition coefficient (Wildman–Crippen LogP) is 3.44. The van der Waals surface area contributed by atoms with E-state index >= 15 is 0 Å². The van der Waals surface area contributed by atoms with E-state index in [-0.39, 0.29) is 12.2 Å². The van der Waals surface area contributed by atoms with Crippen LogP contribution < -0.4 is 9.47 Å². The number of hydrogen-bond donors (Lipinski definition) is 1. The van der Waals surface area contributed by atoms with E-state index in [9.17, 15) is 4.79 Å². The Balaban J connectivity index is 2.12. The topological polar surface area (TPSA) is 68.9 Å². The van der Waals surface area contributed by atoms with E-state index in [2.05, 4.69) is 6.92 Å². The maximum atomic E-state index is 11.0. The van der Waals surface area contributed by atoms with Gasteiger partial charge < -0.3 is 19.0 Å². The van der Waals surface area contributed by atoms with Crippen molar-refractivity contribution >= 4 is 5.97 Å². The van der Waals surface area contributed by atoms with Crippen molar-refractivity contribution in [2.75, 3.05) is 7.11 Å². The first-order valence-corrected chi connectivity index (χ1v) is 6.67. The van der Waals surface area contributed by atoms with Gasteiger partial charge in [0, 0.05) is 0 Å². The Morgan fingerprint density at radius 3 is 2.62 bits per heavy atom. The highest BCUT2D eigenvalue weighted by atomic mass is 16.5. The van der Waals surface area contributed by atoms with E-state index in [4.69, 9.17) is 19.0 Å². The fourth-order valence-electron chi connectivity index (χ4n) is 2.03. The van der Waals surface area contributed by atoms with E-state index < -0.39 is 5.97 Å². The summed E-state index contributed by atoms with van der Waals surface area (Å²) >= 11 is 0. The first kappa shape index (κ1) is 15.0. The molecule has 0 bridgehead atoms. The van der Waals surface area contributed by atoms with Crippen LogP contribution in [0.2, 0.25) is 0 Å². The zero-order valence-corrected chi connectivity index (χ0v) is 12.3. The lowest BCUT2D eigenvalue weighted by atomic mass is 10.1. The van der Waals surface area contributed by atoms with Gasteiger partial charge in [0.15, 0.2) is 11.5 Å². The van der Waals surface area contributed by atoms with Crippen molar-refractivity contribution < 1.29 is 23.8 Å². The monoisotopic (exact) mass is 290 g/mol. The Morgan fingerprint density at radius 1 is 1.29 bits per heavy atom. The van der Waals surface area contributed by atoms with Gasteiger partial charge in [0.1, 0.15) is 23.7 Å². The molecule has 0 unspecified atom stereocenters. The minimum absolute atomic E-state index is 0.149. The number of hydrogen-bond acceptors (Lipinski definition) is 4. The number of furan rings is 1. The molecule has 0 saturated carbocycles. The van der Waals surface area contributed by atoms with Crippen LogP contribution in [0.25, 0.3) is 0 Å². The van der Waals surface area contributed by atoms with Crippen LogP contribution in [0.5, 0.6) is 11.5 Å². The first-order chi connectivity index (χ1) is 10.0. The normalized spacial score (nSPS) is 10.4. The lowest BCUT2D eigenvalue weighted by Crippen LogP contribution is -1.98. The van der Waals surface area contributed by atoms with Crippen LogP contribution in [0.4, 0.5) is 0 Å². The molecule has 0 radical (unpaired) electrons. The van der Waals surface area contributed by atoms with Crippen molar-refractivity contribution in [3.05, 3.63) is 46.9 Å². The SMILES string of the molecule is CCc1ccc(OCc2cc(C(=O)O)c(C)o2)c(OC)c1. The predicted molar refractivity (Wildman–Crippen MR) is 77.1 cm³/mol. The molecule has 1 aromatic carbocycles. The van der Waals surface area contributed by atoms with Gasteiger partial charge >= 0.3 is 5.97 Å². The van der Waals surface area contributed by atoms with Gasteiger partial charge in [0.05, 0.1) is 7.11 Å². The quantitative estimate of drug-likeness (QED) is 0.882. The number of benzene rings is 1. The maximum absolute atomic E-state index is 11.0. The molecule has 0 aliphatic heterocycles. The minimum atomic E-state index is -1.01. The second-order valence-electron chi connectivity index (χ2n) is 4.62. The van der Waals surface area contributed by atoms with Gasteiger partial charge in [-0.15, -0.1) is 0 Å². The van der Waals surface area contributed by atoms with Gasteiger partial charge in [0.25, 0.3) is 0 Å². The Bertz CT molecular complexity index is 642. The van der Waals surface area contributed by atoms with Crippen molar-refractivity contribution in [3.63, 3.8) is 0 Å². The van der Waals surface area contributed by atoms with Gasteiger partial charge in [0.2, 0.25) is 0 Å². The van der Waals surface area contributed by atoms with E-state index in [0.29, 0.717) is 23.0 Å². The molecular formula is C16H18O5. The van der Waals surface area contributed by atoms with Crippen molar-refractivity contribution in [2.24, 2.45) is 0 Å². The molecule has 2 rings (SSSR count). The number of aryl methyl sites for hydroxylation is 2. The average Bonchev–Trinajstić information content (AvgIpc) is 2.86. The second kappa shape index (κ2) is 6.35. The minimum Gasteiger partial charge on any atom is -0.493 e. The van der Waals surface area contributed by atoms with Crippen LogP contribution in [-0.2, 0) is 13.0 Å². The lowest BCUT2D eigenvalue weighted by molar-refractivity contribution is 0.0695. The highest BCUT2D eigenvalue weighted by Crippen LogP contribution is 2.29. The number of ether oxygens (including phenoxy) is 2. The molecule has 0 aliphatic carbocycles. The number of methoxy groups -OCH3 is 1. The first-order valence-electron chi connectivity index (χ1n) is 6.67. The zero-order chi connectivity index (χ0) is 15.4. The van der Waals surface area contributed by atoms with Gasteiger partial charge in [-0.05, 0) is 37.1 Å². The summed E-state index contributed by atoms with van der Waals surface area (Å²) in [6.07, 6.45) is 0.913. The Hall–Kier alpha value is -2.43. The summed E-state index contributed by atoms with van der Waals surface area (Å²) in [6, 6.07) is 7.20. The van der Waals surface area contributed by atoms with Crippen molar-refractivity contribution in [2.45, 2.75) is 26.9 Å². The second-order valence-corrected chi connectivity index (χ2v) is 4.62. The van der Waals surface area contributed by atoms with E-state index in [1.807, 2.05) is 18.2 Å². The molecule has 112 valence electrons. The molecule has 0 spiro atoms. The average molecular weight is 290 g/mol. The molecule has 0 amide bonds. The molecule has 0 aliphatic rings. The Morgan fingerprint density at radius 2 is 2.05 bits per heavy atom. The molecule has 1 N–H and O–H groups in total. The molecule has 21 heavy (non-hydrogen) atoms. The number of carbonyl (C=O) groups is 1.